The van der Waals surface area contributed by atoms with E-state index in [2.05, 4.69) is 5.32 Å². The fourth-order valence-corrected chi connectivity index (χ4v) is 0.432. The Morgan fingerprint density at radius 3 is 2.70 bits per heavy atom. The first-order valence-corrected chi connectivity index (χ1v) is 3.26. The van der Waals surface area contributed by atoms with Crippen LogP contribution in [0.2, 0.25) is 0 Å². The van der Waals surface area contributed by atoms with Gasteiger partial charge in [0.05, 0.1) is 6.10 Å². The Bertz CT molecular complexity index is 105. The summed E-state index contributed by atoms with van der Waals surface area (Å²) in [5, 5.41) is 19.5. The van der Waals surface area contributed by atoms with Gasteiger partial charge in [-0.15, -0.1) is 0 Å². The molecule has 0 saturated carbocycles. The molecule has 0 rings (SSSR count). The second kappa shape index (κ2) is 5.20. The average Bonchev–Trinajstić information content (AvgIpc) is 1.99. The van der Waals surface area contributed by atoms with Crippen molar-refractivity contribution in [2.75, 3.05) is 13.2 Å². The van der Waals surface area contributed by atoms with E-state index in [4.69, 9.17) is 10.2 Å². The Labute approximate surface area is 59.9 Å². The summed E-state index contributed by atoms with van der Waals surface area (Å²) >= 11 is 0. The van der Waals surface area contributed by atoms with Crippen LogP contribution in [-0.4, -0.2) is 35.4 Å². The lowest BCUT2D eigenvalue weighted by atomic mass is 10.3. The highest BCUT2D eigenvalue weighted by atomic mass is 16.3. The summed E-state index contributed by atoms with van der Waals surface area (Å²) in [5.41, 5.74) is 0. The van der Waals surface area contributed by atoms with E-state index in [0.717, 1.165) is 0 Å². The van der Waals surface area contributed by atoms with Crippen LogP contribution < -0.4 is 5.32 Å². The van der Waals surface area contributed by atoms with Gasteiger partial charge in [-0.1, -0.05) is 6.92 Å². The molecule has 10 heavy (non-hydrogen) atoms. The number of aliphatic hydroxyl groups excluding tert-OH is 2. The summed E-state index contributed by atoms with van der Waals surface area (Å²) in [6.45, 7) is 1.52. The molecule has 0 heterocycles. The van der Waals surface area contributed by atoms with E-state index in [1.165, 1.54) is 0 Å². The predicted octanol–water partition coefficient (Wildman–Crippen LogP) is -1.13. The number of rotatable bonds is 4. The summed E-state index contributed by atoms with van der Waals surface area (Å²) in [7, 11) is 0. The van der Waals surface area contributed by atoms with E-state index in [-0.39, 0.29) is 6.54 Å². The van der Waals surface area contributed by atoms with Crippen molar-refractivity contribution in [3.05, 3.63) is 0 Å². The first-order valence-electron chi connectivity index (χ1n) is 3.26. The first-order chi connectivity index (χ1) is 4.70. The second-order valence-electron chi connectivity index (χ2n) is 2.02. The third-order valence-electron chi connectivity index (χ3n) is 1.15. The first kappa shape index (κ1) is 9.39. The minimum Gasteiger partial charge on any atom is -0.391 e. The molecule has 0 aliphatic rings. The van der Waals surface area contributed by atoms with E-state index in [1.807, 2.05) is 6.92 Å². The maximum absolute atomic E-state index is 10.4. The van der Waals surface area contributed by atoms with Gasteiger partial charge < -0.3 is 15.5 Å². The summed E-state index contributed by atoms with van der Waals surface area (Å²) < 4.78 is 0. The molecule has 1 unspecified atom stereocenters. The molecule has 0 aromatic heterocycles. The van der Waals surface area contributed by atoms with Gasteiger partial charge in [0.15, 0.2) is 0 Å². The smallest absolute Gasteiger partial charge is 0.245 e. The molecule has 0 bridgehead atoms. The molecule has 4 heteroatoms. The topological polar surface area (TPSA) is 69.6 Å². The lowest BCUT2D eigenvalue weighted by molar-refractivity contribution is -0.124. The predicted molar refractivity (Wildman–Crippen MR) is 36.4 cm³/mol. The van der Waals surface area contributed by atoms with Crippen molar-refractivity contribution in [3.63, 3.8) is 0 Å². The zero-order chi connectivity index (χ0) is 7.98. The number of hydrogen-bond acceptors (Lipinski definition) is 3. The van der Waals surface area contributed by atoms with E-state index >= 15 is 0 Å². The van der Waals surface area contributed by atoms with Crippen molar-refractivity contribution in [3.8, 4) is 0 Å². The Morgan fingerprint density at radius 2 is 2.30 bits per heavy atom. The van der Waals surface area contributed by atoms with E-state index in [1.54, 1.807) is 0 Å². The molecular formula is C6H13NO3. The van der Waals surface area contributed by atoms with Gasteiger partial charge in [0.2, 0.25) is 5.91 Å². The highest BCUT2D eigenvalue weighted by Crippen LogP contribution is 1.85. The van der Waals surface area contributed by atoms with Crippen LogP contribution in [0.3, 0.4) is 0 Å². The number of hydrogen-bond donors (Lipinski definition) is 3. The molecule has 0 aliphatic carbocycles. The number of carbonyl (C=O) groups is 1. The maximum Gasteiger partial charge on any atom is 0.245 e. The van der Waals surface area contributed by atoms with Gasteiger partial charge in [-0.3, -0.25) is 4.79 Å². The third-order valence-corrected chi connectivity index (χ3v) is 1.15. The third kappa shape index (κ3) is 4.29. The van der Waals surface area contributed by atoms with Crippen molar-refractivity contribution in [2.45, 2.75) is 19.4 Å². The standard InChI is InChI=1S/C6H13NO3/c1-2-5(9)3-7-6(10)4-8/h5,8-9H,2-4H2,1H3,(H,7,10). The van der Waals surface area contributed by atoms with Gasteiger partial charge in [0, 0.05) is 6.54 Å². The zero-order valence-corrected chi connectivity index (χ0v) is 6.00. The SMILES string of the molecule is CCC(O)CNC(=O)CO. The van der Waals surface area contributed by atoms with Crippen molar-refractivity contribution < 1.29 is 15.0 Å². The van der Waals surface area contributed by atoms with Gasteiger partial charge >= 0.3 is 0 Å². The number of aliphatic hydroxyl groups is 2. The molecule has 0 aromatic carbocycles. The van der Waals surface area contributed by atoms with Crippen molar-refractivity contribution >= 4 is 5.91 Å². The molecule has 60 valence electrons. The van der Waals surface area contributed by atoms with Crippen LogP contribution in [0, 0.1) is 0 Å². The minimum atomic E-state index is -0.517. The quantitative estimate of drug-likeness (QED) is 0.471. The van der Waals surface area contributed by atoms with Crippen LogP contribution in [-0.2, 0) is 4.79 Å². The molecule has 3 N–H and O–H groups in total. The number of amides is 1. The Balaban J connectivity index is 3.26. The van der Waals surface area contributed by atoms with E-state index < -0.39 is 18.6 Å². The van der Waals surface area contributed by atoms with Gasteiger partial charge in [-0.25, -0.2) is 0 Å². The minimum absolute atomic E-state index is 0.218. The van der Waals surface area contributed by atoms with Crippen LogP contribution in [0.15, 0.2) is 0 Å². The van der Waals surface area contributed by atoms with Crippen LogP contribution >= 0.6 is 0 Å². The monoisotopic (exact) mass is 147 g/mol. The molecule has 1 amide bonds. The molecular weight excluding hydrogens is 134 g/mol. The fourth-order valence-electron chi connectivity index (χ4n) is 0.432. The Hall–Kier alpha value is -0.610. The molecule has 0 fully saturated rings. The molecule has 1 atom stereocenters. The highest BCUT2D eigenvalue weighted by Gasteiger charge is 2.02. The van der Waals surface area contributed by atoms with Crippen molar-refractivity contribution in [2.24, 2.45) is 0 Å². The van der Waals surface area contributed by atoms with Crippen molar-refractivity contribution in [1.29, 1.82) is 0 Å². The highest BCUT2D eigenvalue weighted by molar-refractivity contribution is 5.76. The normalized spacial score (nSPS) is 12.7. The van der Waals surface area contributed by atoms with Crippen LogP contribution in [0.4, 0.5) is 0 Å². The average molecular weight is 147 g/mol. The van der Waals surface area contributed by atoms with Gasteiger partial charge in [-0.2, -0.15) is 0 Å². The zero-order valence-electron chi connectivity index (χ0n) is 6.00. The van der Waals surface area contributed by atoms with Crippen LogP contribution in [0.5, 0.6) is 0 Å². The lowest BCUT2D eigenvalue weighted by Gasteiger charge is -2.07. The molecule has 0 saturated heterocycles. The van der Waals surface area contributed by atoms with E-state index in [0.29, 0.717) is 6.42 Å². The molecule has 0 aliphatic heterocycles. The lowest BCUT2D eigenvalue weighted by Crippen LogP contribution is -2.33. The van der Waals surface area contributed by atoms with Gasteiger partial charge in [-0.05, 0) is 6.42 Å². The molecule has 0 radical (unpaired) electrons. The largest absolute Gasteiger partial charge is 0.391 e. The second-order valence-corrected chi connectivity index (χ2v) is 2.02. The fraction of sp³-hybridized carbons (Fsp3) is 0.833. The summed E-state index contributed by atoms with van der Waals surface area (Å²) in [5.74, 6) is -0.451. The Kier molecular flexibility index (Phi) is 4.88. The molecule has 4 nitrogen and oxygen atoms in total. The van der Waals surface area contributed by atoms with Gasteiger partial charge in [0.25, 0.3) is 0 Å². The van der Waals surface area contributed by atoms with Gasteiger partial charge in [0.1, 0.15) is 6.61 Å². The van der Waals surface area contributed by atoms with Crippen molar-refractivity contribution in [1.82, 2.24) is 5.32 Å². The number of nitrogens with one attached hydrogen (secondary N) is 1. The molecule has 0 aromatic rings. The van der Waals surface area contributed by atoms with Crippen LogP contribution in [0.1, 0.15) is 13.3 Å². The van der Waals surface area contributed by atoms with E-state index in [9.17, 15) is 4.79 Å². The molecule has 0 spiro atoms. The summed E-state index contributed by atoms with van der Waals surface area (Å²) in [4.78, 5) is 10.4. The maximum atomic E-state index is 10.4. The van der Waals surface area contributed by atoms with Crippen LogP contribution in [0.25, 0.3) is 0 Å². The Morgan fingerprint density at radius 1 is 1.70 bits per heavy atom. The summed E-state index contributed by atoms with van der Waals surface area (Å²) in [6, 6.07) is 0. The summed E-state index contributed by atoms with van der Waals surface area (Å²) in [6.07, 6.45) is 0.0987. The number of carbonyl (C=O) groups excluding carboxylic acids is 1.